The van der Waals surface area contributed by atoms with Crippen LogP contribution in [0.3, 0.4) is 0 Å². The predicted octanol–water partition coefficient (Wildman–Crippen LogP) is 5.40. The number of nitrogens with one attached hydrogen (secondary N) is 2. The average molecular weight is 630 g/mol. The SMILES string of the molecule is CCCC(CN1CC2OCCOC2C1)=C(F)C(=O)Nc1cc2c(Nc3ccc(F)c(Cl)c3)ncnc2cc1OC1CCOC1. The van der Waals surface area contributed by atoms with Gasteiger partial charge >= 0.3 is 0 Å². The molecule has 3 aliphatic rings. The van der Waals surface area contributed by atoms with Crippen molar-refractivity contribution in [3.8, 4) is 5.75 Å². The molecule has 3 unspecified atom stereocenters. The number of rotatable bonds is 10. The van der Waals surface area contributed by atoms with Gasteiger partial charge in [-0.05, 0) is 36.3 Å². The Morgan fingerprint density at radius 1 is 1.14 bits per heavy atom. The zero-order chi connectivity index (χ0) is 30.6. The molecule has 0 radical (unpaired) electrons. The Morgan fingerprint density at radius 3 is 2.64 bits per heavy atom. The second kappa shape index (κ2) is 13.7. The lowest BCUT2D eigenvalue weighted by atomic mass is 10.1. The molecule has 4 heterocycles. The van der Waals surface area contributed by atoms with E-state index in [1.54, 1.807) is 12.1 Å². The Bertz CT molecular complexity index is 1540. The topological polar surface area (TPSA) is 107 Å². The van der Waals surface area contributed by atoms with Crippen LogP contribution in [0.15, 0.2) is 48.1 Å². The predicted molar refractivity (Wildman–Crippen MR) is 162 cm³/mol. The number of ether oxygens (including phenoxy) is 4. The normalized spacial score (nSPS) is 22.5. The first-order valence-electron chi connectivity index (χ1n) is 14.8. The van der Waals surface area contributed by atoms with Crippen molar-refractivity contribution < 1.29 is 32.5 Å². The molecule has 13 heteroatoms. The van der Waals surface area contributed by atoms with E-state index in [-0.39, 0.29) is 29.0 Å². The first-order valence-corrected chi connectivity index (χ1v) is 15.2. The van der Waals surface area contributed by atoms with Crippen molar-refractivity contribution in [1.29, 1.82) is 0 Å². The number of hydrogen-bond acceptors (Lipinski definition) is 9. The highest BCUT2D eigenvalue weighted by Gasteiger charge is 2.37. The maximum absolute atomic E-state index is 15.9. The molecule has 0 bridgehead atoms. The van der Waals surface area contributed by atoms with Gasteiger partial charge in [0.25, 0.3) is 5.91 Å². The molecule has 0 spiro atoms. The second-order valence-corrected chi connectivity index (χ2v) is 11.5. The van der Waals surface area contributed by atoms with Crippen LogP contribution in [0.25, 0.3) is 10.9 Å². The molecule has 10 nitrogen and oxygen atoms in total. The molecule has 3 aromatic rings. The van der Waals surface area contributed by atoms with E-state index in [1.807, 2.05) is 6.92 Å². The van der Waals surface area contributed by atoms with Gasteiger partial charge in [-0.2, -0.15) is 0 Å². The van der Waals surface area contributed by atoms with Gasteiger partial charge < -0.3 is 29.6 Å². The molecule has 2 aromatic carbocycles. The van der Waals surface area contributed by atoms with E-state index >= 15 is 4.39 Å². The summed E-state index contributed by atoms with van der Waals surface area (Å²) in [6.45, 7) is 5.54. The average Bonchev–Trinajstić information content (AvgIpc) is 3.68. The van der Waals surface area contributed by atoms with Crippen molar-refractivity contribution in [2.24, 2.45) is 0 Å². The Morgan fingerprint density at radius 2 is 1.93 bits per heavy atom. The van der Waals surface area contributed by atoms with Gasteiger partial charge in [-0.1, -0.05) is 24.9 Å². The van der Waals surface area contributed by atoms with Gasteiger partial charge in [-0.15, -0.1) is 0 Å². The molecule has 1 aromatic heterocycles. The summed E-state index contributed by atoms with van der Waals surface area (Å²) in [5.41, 5.74) is 1.69. The molecule has 0 aliphatic carbocycles. The fourth-order valence-corrected chi connectivity index (χ4v) is 5.89. The molecule has 6 rings (SSSR count). The summed E-state index contributed by atoms with van der Waals surface area (Å²) in [5, 5.41) is 6.34. The molecule has 3 aliphatic heterocycles. The first kappa shape index (κ1) is 30.6. The van der Waals surface area contributed by atoms with Crippen LogP contribution >= 0.6 is 11.6 Å². The van der Waals surface area contributed by atoms with Gasteiger partial charge in [0.2, 0.25) is 0 Å². The Hall–Kier alpha value is -3.42. The molecule has 3 saturated heterocycles. The number of carbonyl (C=O) groups is 1. The van der Waals surface area contributed by atoms with Crippen molar-refractivity contribution >= 4 is 45.6 Å². The van der Waals surface area contributed by atoms with E-state index in [2.05, 4.69) is 25.5 Å². The number of amides is 1. The first-order chi connectivity index (χ1) is 21.4. The quantitative estimate of drug-likeness (QED) is 0.285. The van der Waals surface area contributed by atoms with Crippen LogP contribution in [0.2, 0.25) is 5.02 Å². The minimum Gasteiger partial charge on any atom is -0.486 e. The summed E-state index contributed by atoms with van der Waals surface area (Å²) >= 11 is 5.97. The van der Waals surface area contributed by atoms with Crippen molar-refractivity contribution in [2.45, 2.75) is 44.5 Å². The number of halogens is 3. The highest BCUT2D eigenvalue weighted by molar-refractivity contribution is 6.31. The fourth-order valence-electron chi connectivity index (χ4n) is 5.71. The molecule has 2 N–H and O–H groups in total. The van der Waals surface area contributed by atoms with Gasteiger partial charge in [-0.25, -0.2) is 18.7 Å². The summed E-state index contributed by atoms with van der Waals surface area (Å²) < 4.78 is 52.9. The summed E-state index contributed by atoms with van der Waals surface area (Å²) in [7, 11) is 0. The number of aromatic nitrogens is 2. The van der Waals surface area contributed by atoms with Crippen LogP contribution in [0.1, 0.15) is 26.2 Å². The fraction of sp³-hybridized carbons (Fsp3) is 0.452. The standard InChI is InChI=1S/C31H34ClF2N5O5/c1-2-3-18(13-39-14-27-28(15-39)43-9-8-42-27)29(34)31(40)38-25-11-21-24(12-26(25)44-20-6-7-41-16-20)35-17-36-30(21)37-19-4-5-23(33)22(32)10-19/h4-5,10-12,17,20,27-28H,2-3,6-9,13-16H2,1H3,(H,38,40)(H,35,36,37). The lowest BCUT2D eigenvalue weighted by Crippen LogP contribution is -2.36. The monoisotopic (exact) mass is 629 g/mol. The lowest BCUT2D eigenvalue weighted by Gasteiger charge is -2.24. The number of fused-ring (bicyclic) bond motifs is 2. The molecule has 3 atom stereocenters. The minimum atomic E-state index is -0.874. The summed E-state index contributed by atoms with van der Waals surface area (Å²) in [6, 6.07) is 7.52. The maximum Gasteiger partial charge on any atom is 0.284 e. The van der Waals surface area contributed by atoms with Crippen LogP contribution in [0.5, 0.6) is 5.75 Å². The van der Waals surface area contributed by atoms with Crippen molar-refractivity contribution in [2.75, 3.05) is 56.7 Å². The number of anilines is 3. The number of carbonyl (C=O) groups excluding carboxylic acids is 1. The molecule has 234 valence electrons. The van der Waals surface area contributed by atoms with E-state index < -0.39 is 17.6 Å². The van der Waals surface area contributed by atoms with Crippen LogP contribution in [-0.4, -0.2) is 85.1 Å². The highest BCUT2D eigenvalue weighted by Crippen LogP contribution is 2.36. The van der Waals surface area contributed by atoms with E-state index in [0.717, 1.165) is 0 Å². The van der Waals surface area contributed by atoms with Crippen LogP contribution in [0.4, 0.5) is 26.0 Å². The number of benzene rings is 2. The largest absolute Gasteiger partial charge is 0.486 e. The second-order valence-electron chi connectivity index (χ2n) is 11.1. The van der Waals surface area contributed by atoms with Gasteiger partial charge in [0.05, 0.1) is 54.9 Å². The Labute approximate surface area is 258 Å². The Kier molecular flexibility index (Phi) is 9.53. The van der Waals surface area contributed by atoms with Gasteiger partial charge in [0, 0.05) is 43.2 Å². The molecular weight excluding hydrogens is 596 g/mol. The molecule has 1 amide bonds. The van der Waals surface area contributed by atoms with Crippen LogP contribution in [0, 0.1) is 5.82 Å². The Balaban J connectivity index is 1.29. The van der Waals surface area contributed by atoms with Gasteiger partial charge in [-0.3, -0.25) is 9.69 Å². The maximum atomic E-state index is 15.9. The third-order valence-corrected chi connectivity index (χ3v) is 8.15. The van der Waals surface area contributed by atoms with Gasteiger partial charge in [0.15, 0.2) is 5.83 Å². The zero-order valence-corrected chi connectivity index (χ0v) is 25.0. The van der Waals surface area contributed by atoms with Gasteiger partial charge in [0.1, 0.15) is 29.8 Å². The zero-order valence-electron chi connectivity index (χ0n) is 24.3. The minimum absolute atomic E-state index is 0.0450. The van der Waals surface area contributed by atoms with Crippen LogP contribution < -0.4 is 15.4 Å². The molecule has 3 fully saturated rings. The van der Waals surface area contributed by atoms with Crippen LogP contribution in [-0.2, 0) is 19.0 Å². The van der Waals surface area contributed by atoms with Crippen molar-refractivity contribution in [3.05, 3.63) is 58.9 Å². The third kappa shape index (κ3) is 6.94. The van der Waals surface area contributed by atoms with E-state index in [1.165, 1.54) is 24.5 Å². The smallest absolute Gasteiger partial charge is 0.284 e. The molecular formula is C31H34ClF2N5O5. The van der Waals surface area contributed by atoms with Crippen molar-refractivity contribution in [3.63, 3.8) is 0 Å². The summed E-state index contributed by atoms with van der Waals surface area (Å²) in [6.07, 6.45) is 2.83. The van der Waals surface area contributed by atoms with E-state index in [4.69, 9.17) is 30.5 Å². The highest BCUT2D eigenvalue weighted by atomic mass is 35.5. The summed E-state index contributed by atoms with van der Waals surface area (Å²) in [5.74, 6) is -1.54. The number of hydrogen-bond donors (Lipinski definition) is 2. The van der Waals surface area contributed by atoms with Crippen molar-refractivity contribution in [1.82, 2.24) is 14.9 Å². The third-order valence-electron chi connectivity index (χ3n) is 7.86. The lowest BCUT2D eigenvalue weighted by molar-refractivity contribution is -0.116. The molecule has 0 saturated carbocycles. The number of likely N-dealkylation sites (tertiary alicyclic amines) is 1. The number of nitrogens with zero attached hydrogens (tertiary/aromatic N) is 3. The van der Waals surface area contributed by atoms with E-state index in [0.29, 0.717) is 99.1 Å². The van der Waals surface area contributed by atoms with E-state index in [9.17, 15) is 9.18 Å². The summed E-state index contributed by atoms with van der Waals surface area (Å²) in [4.78, 5) is 24.2. The molecule has 44 heavy (non-hydrogen) atoms.